The third kappa shape index (κ3) is 3.98. The molecule has 0 aromatic carbocycles. The molecule has 1 heterocycles. The second-order valence-electron chi connectivity index (χ2n) is 4.80. The van der Waals surface area contributed by atoms with E-state index in [1.54, 1.807) is 11.8 Å². The Balaban J connectivity index is 2.40. The van der Waals surface area contributed by atoms with Gasteiger partial charge in [-0.3, -0.25) is 4.79 Å². The standard InChI is InChI=1S/C12H24N2OS/c1-9(2)10(3)16-11(4)12(15)14-7-5-13-6-8-14/h9-11,13H,5-8H2,1-4H3. The van der Waals surface area contributed by atoms with Crippen LogP contribution in [-0.4, -0.2) is 47.5 Å². The van der Waals surface area contributed by atoms with Gasteiger partial charge in [0.05, 0.1) is 5.25 Å². The van der Waals surface area contributed by atoms with E-state index in [1.807, 2.05) is 11.8 Å². The van der Waals surface area contributed by atoms with Gasteiger partial charge in [-0.25, -0.2) is 0 Å². The lowest BCUT2D eigenvalue weighted by Gasteiger charge is -2.30. The van der Waals surface area contributed by atoms with Gasteiger partial charge in [0.2, 0.25) is 5.91 Å². The van der Waals surface area contributed by atoms with Crippen molar-refractivity contribution in [3.8, 4) is 0 Å². The Bertz CT molecular complexity index is 227. The number of nitrogens with zero attached hydrogens (tertiary/aromatic N) is 1. The summed E-state index contributed by atoms with van der Waals surface area (Å²) >= 11 is 1.80. The van der Waals surface area contributed by atoms with Gasteiger partial charge in [0, 0.05) is 31.4 Å². The van der Waals surface area contributed by atoms with E-state index >= 15 is 0 Å². The molecule has 0 spiro atoms. The molecule has 16 heavy (non-hydrogen) atoms. The van der Waals surface area contributed by atoms with Crippen molar-refractivity contribution in [1.29, 1.82) is 0 Å². The number of carbonyl (C=O) groups excluding carboxylic acids is 1. The number of hydrogen-bond donors (Lipinski definition) is 1. The summed E-state index contributed by atoms with van der Waals surface area (Å²) in [5.41, 5.74) is 0. The van der Waals surface area contributed by atoms with Gasteiger partial charge in [-0.15, -0.1) is 11.8 Å². The van der Waals surface area contributed by atoms with Crippen LogP contribution in [0.1, 0.15) is 27.7 Å². The molecule has 1 saturated heterocycles. The summed E-state index contributed by atoms with van der Waals surface area (Å²) < 4.78 is 0. The predicted molar refractivity (Wildman–Crippen MR) is 70.8 cm³/mol. The van der Waals surface area contributed by atoms with E-state index < -0.39 is 0 Å². The molecule has 94 valence electrons. The van der Waals surface area contributed by atoms with Crippen LogP contribution in [0.5, 0.6) is 0 Å². The van der Waals surface area contributed by atoms with Crippen molar-refractivity contribution >= 4 is 17.7 Å². The van der Waals surface area contributed by atoms with Gasteiger partial charge in [0.15, 0.2) is 0 Å². The highest BCUT2D eigenvalue weighted by molar-refractivity contribution is 8.01. The number of hydrogen-bond acceptors (Lipinski definition) is 3. The molecular weight excluding hydrogens is 220 g/mol. The van der Waals surface area contributed by atoms with Crippen molar-refractivity contribution in [2.24, 2.45) is 5.92 Å². The maximum Gasteiger partial charge on any atom is 0.235 e. The molecule has 0 aromatic heterocycles. The molecule has 0 saturated carbocycles. The molecule has 0 radical (unpaired) electrons. The number of rotatable bonds is 4. The monoisotopic (exact) mass is 244 g/mol. The van der Waals surface area contributed by atoms with E-state index in [2.05, 4.69) is 26.1 Å². The quantitative estimate of drug-likeness (QED) is 0.815. The second-order valence-corrected chi connectivity index (χ2v) is 6.53. The van der Waals surface area contributed by atoms with E-state index in [0.29, 0.717) is 17.1 Å². The normalized spacial score (nSPS) is 20.9. The first-order valence-corrected chi connectivity index (χ1v) is 7.11. The van der Waals surface area contributed by atoms with Gasteiger partial charge >= 0.3 is 0 Å². The Kier molecular flexibility index (Phi) is 5.62. The molecule has 2 atom stereocenters. The van der Waals surface area contributed by atoms with Crippen molar-refractivity contribution in [1.82, 2.24) is 10.2 Å². The molecule has 1 N–H and O–H groups in total. The number of carbonyl (C=O) groups is 1. The Hall–Kier alpha value is -0.220. The maximum atomic E-state index is 12.1. The van der Waals surface area contributed by atoms with Gasteiger partial charge < -0.3 is 10.2 Å². The number of amides is 1. The summed E-state index contributed by atoms with van der Waals surface area (Å²) in [6.07, 6.45) is 0. The van der Waals surface area contributed by atoms with Gasteiger partial charge in [0.25, 0.3) is 0 Å². The van der Waals surface area contributed by atoms with E-state index in [4.69, 9.17) is 0 Å². The fourth-order valence-electron chi connectivity index (χ4n) is 1.68. The van der Waals surface area contributed by atoms with Gasteiger partial charge in [-0.05, 0) is 12.8 Å². The average molecular weight is 244 g/mol. The summed E-state index contributed by atoms with van der Waals surface area (Å²) in [6.45, 7) is 12.2. The van der Waals surface area contributed by atoms with Crippen LogP contribution in [0, 0.1) is 5.92 Å². The summed E-state index contributed by atoms with van der Waals surface area (Å²) in [7, 11) is 0. The highest BCUT2D eigenvalue weighted by Gasteiger charge is 2.24. The largest absolute Gasteiger partial charge is 0.339 e. The Labute approximate surface area is 103 Å². The molecule has 3 nitrogen and oxygen atoms in total. The lowest BCUT2D eigenvalue weighted by molar-refractivity contribution is -0.130. The van der Waals surface area contributed by atoms with Crippen LogP contribution < -0.4 is 5.32 Å². The number of thioether (sulfide) groups is 1. The molecule has 1 rings (SSSR count). The summed E-state index contributed by atoms with van der Waals surface area (Å²) in [5, 5.41) is 3.90. The third-order valence-electron chi connectivity index (χ3n) is 3.13. The van der Waals surface area contributed by atoms with Gasteiger partial charge in [0.1, 0.15) is 0 Å². The molecule has 4 heteroatoms. The van der Waals surface area contributed by atoms with Gasteiger partial charge in [-0.2, -0.15) is 0 Å². The summed E-state index contributed by atoms with van der Waals surface area (Å²) in [5.74, 6) is 0.933. The Morgan fingerprint density at radius 2 is 1.75 bits per heavy atom. The zero-order valence-electron chi connectivity index (χ0n) is 10.8. The molecule has 1 fully saturated rings. The fraction of sp³-hybridized carbons (Fsp3) is 0.917. The zero-order chi connectivity index (χ0) is 12.1. The van der Waals surface area contributed by atoms with Gasteiger partial charge in [-0.1, -0.05) is 20.8 Å². The summed E-state index contributed by atoms with van der Waals surface area (Å²) in [6, 6.07) is 0. The Morgan fingerprint density at radius 3 is 2.25 bits per heavy atom. The minimum atomic E-state index is 0.0931. The Morgan fingerprint density at radius 1 is 1.19 bits per heavy atom. The molecule has 0 aliphatic carbocycles. The minimum absolute atomic E-state index is 0.0931. The lowest BCUT2D eigenvalue weighted by atomic mass is 10.2. The van der Waals surface area contributed by atoms with Crippen molar-refractivity contribution in [3.63, 3.8) is 0 Å². The van der Waals surface area contributed by atoms with Crippen LogP contribution in [0.15, 0.2) is 0 Å². The van der Waals surface area contributed by atoms with Crippen molar-refractivity contribution in [2.45, 2.75) is 38.2 Å². The molecule has 1 amide bonds. The first-order valence-electron chi connectivity index (χ1n) is 6.17. The van der Waals surface area contributed by atoms with Crippen molar-refractivity contribution < 1.29 is 4.79 Å². The highest BCUT2D eigenvalue weighted by Crippen LogP contribution is 2.24. The molecule has 0 bridgehead atoms. The predicted octanol–water partition coefficient (Wildman–Crippen LogP) is 1.58. The smallest absolute Gasteiger partial charge is 0.235 e. The SMILES string of the molecule is CC(SC(C)C(C)C)C(=O)N1CCNCC1. The van der Waals surface area contributed by atoms with E-state index in [9.17, 15) is 4.79 Å². The van der Waals surface area contributed by atoms with E-state index in [-0.39, 0.29) is 5.25 Å². The third-order valence-corrected chi connectivity index (χ3v) is 4.72. The average Bonchev–Trinajstić information content (AvgIpc) is 2.28. The number of nitrogens with one attached hydrogen (secondary N) is 1. The minimum Gasteiger partial charge on any atom is -0.339 e. The van der Waals surface area contributed by atoms with Crippen LogP contribution in [0.4, 0.5) is 0 Å². The van der Waals surface area contributed by atoms with Crippen LogP contribution >= 0.6 is 11.8 Å². The lowest BCUT2D eigenvalue weighted by Crippen LogP contribution is -2.49. The van der Waals surface area contributed by atoms with Crippen LogP contribution in [0.3, 0.4) is 0 Å². The fourth-order valence-corrected chi connectivity index (χ4v) is 2.90. The molecule has 1 aliphatic rings. The summed E-state index contributed by atoms with van der Waals surface area (Å²) in [4.78, 5) is 14.1. The van der Waals surface area contributed by atoms with E-state index in [1.165, 1.54) is 0 Å². The second kappa shape index (κ2) is 6.50. The van der Waals surface area contributed by atoms with E-state index in [0.717, 1.165) is 26.2 Å². The van der Waals surface area contributed by atoms with Crippen LogP contribution in [0.2, 0.25) is 0 Å². The first kappa shape index (κ1) is 13.8. The van der Waals surface area contributed by atoms with Crippen LogP contribution in [-0.2, 0) is 4.79 Å². The number of piperazine rings is 1. The van der Waals surface area contributed by atoms with Crippen molar-refractivity contribution in [2.75, 3.05) is 26.2 Å². The molecule has 1 aliphatic heterocycles. The van der Waals surface area contributed by atoms with Crippen molar-refractivity contribution in [3.05, 3.63) is 0 Å². The topological polar surface area (TPSA) is 32.3 Å². The molecular formula is C12H24N2OS. The molecule has 0 aromatic rings. The highest BCUT2D eigenvalue weighted by atomic mass is 32.2. The zero-order valence-corrected chi connectivity index (χ0v) is 11.6. The first-order chi connectivity index (χ1) is 7.52. The van der Waals surface area contributed by atoms with Crippen LogP contribution in [0.25, 0.3) is 0 Å². The maximum absolute atomic E-state index is 12.1. The molecule has 2 unspecified atom stereocenters.